The van der Waals surface area contributed by atoms with Crippen molar-refractivity contribution >= 4 is 5.91 Å². The highest BCUT2D eigenvalue weighted by Gasteiger charge is 2.13. The number of hydrogen-bond acceptors (Lipinski definition) is 2. The second kappa shape index (κ2) is 7.30. The Hall–Kier alpha value is -1.01. The summed E-state index contributed by atoms with van der Waals surface area (Å²) in [6.45, 7) is 4.11. The minimum Gasteiger partial charge on any atom is -0.349 e. The lowest BCUT2D eigenvalue weighted by Gasteiger charge is -2.21. The van der Waals surface area contributed by atoms with Gasteiger partial charge in [0.1, 0.15) is 0 Å². The van der Waals surface area contributed by atoms with Crippen molar-refractivity contribution in [1.82, 2.24) is 10.2 Å². The minimum atomic E-state index is 0.144. The van der Waals surface area contributed by atoms with E-state index in [2.05, 4.69) is 18.2 Å². The highest BCUT2D eigenvalue weighted by Crippen LogP contribution is 2.01. The zero-order valence-electron chi connectivity index (χ0n) is 10.2. The molecule has 0 radical (unpaired) electrons. The van der Waals surface area contributed by atoms with E-state index in [1.807, 2.05) is 6.92 Å². The van der Waals surface area contributed by atoms with Crippen LogP contribution in [0, 0.1) is 12.3 Å². The first kappa shape index (κ1) is 14.0. The number of carbonyl (C=O) groups excluding carboxylic acids is 1. The fourth-order valence-electron chi connectivity index (χ4n) is 1.37. The van der Waals surface area contributed by atoms with Gasteiger partial charge in [-0.1, -0.05) is 6.92 Å². The van der Waals surface area contributed by atoms with Crippen molar-refractivity contribution < 1.29 is 4.79 Å². The Morgan fingerprint density at radius 1 is 1.53 bits per heavy atom. The predicted molar refractivity (Wildman–Crippen MR) is 63.4 cm³/mol. The van der Waals surface area contributed by atoms with E-state index in [4.69, 9.17) is 6.42 Å². The molecular formula is C12H22N2O. The van der Waals surface area contributed by atoms with Crippen LogP contribution in [0.15, 0.2) is 0 Å². The highest BCUT2D eigenvalue weighted by molar-refractivity contribution is 5.76. The Morgan fingerprint density at radius 3 is 2.53 bits per heavy atom. The molecule has 2 atom stereocenters. The topological polar surface area (TPSA) is 32.3 Å². The van der Waals surface area contributed by atoms with Crippen LogP contribution in [0.1, 0.15) is 33.1 Å². The highest BCUT2D eigenvalue weighted by atomic mass is 16.2. The monoisotopic (exact) mass is 210 g/mol. The van der Waals surface area contributed by atoms with Gasteiger partial charge in [0.2, 0.25) is 5.91 Å². The quantitative estimate of drug-likeness (QED) is 0.669. The van der Waals surface area contributed by atoms with Gasteiger partial charge in [-0.25, -0.2) is 0 Å². The van der Waals surface area contributed by atoms with Crippen molar-refractivity contribution in [3.63, 3.8) is 0 Å². The van der Waals surface area contributed by atoms with Crippen LogP contribution in [0.4, 0.5) is 0 Å². The molecule has 0 saturated heterocycles. The summed E-state index contributed by atoms with van der Waals surface area (Å²) in [7, 11) is 3.54. The Balaban J connectivity index is 3.96. The average Bonchev–Trinajstić information content (AvgIpc) is 2.16. The lowest BCUT2D eigenvalue weighted by Crippen LogP contribution is -2.39. The molecule has 0 spiro atoms. The van der Waals surface area contributed by atoms with Gasteiger partial charge in [-0.3, -0.25) is 4.79 Å². The van der Waals surface area contributed by atoms with Crippen molar-refractivity contribution in [2.24, 2.45) is 0 Å². The van der Waals surface area contributed by atoms with Crippen molar-refractivity contribution in [3.05, 3.63) is 0 Å². The number of terminal acetylenes is 1. The molecule has 0 rings (SSSR count). The van der Waals surface area contributed by atoms with Crippen LogP contribution in [0.2, 0.25) is 0 Å². The Morgan fingerprint density at radius 2 is 2.13 bits per heavy atom. The van der Waals surface area contributed by atoms with Gasteiger partial charge in [0.15, 0.2) is 0 Å². The van der Waals surface area contributed by atoms with E-state index < -0.39 is 0 Å². The lowest BCUT2D eigenvalue weighted by molar-refractivity contribution is -0.129. The molecule has 0 aliphatic heterocycles. The molecule has 1 amide bonds. The lowest BCUT2D eigenvalue weighted by atomic mass is 10.1. The maximum absolute atomic E-state index is 11.4. The molecule has 2 unspecified atom stereocenters. The Kier molecular flexibility index (Phi) is 6.81. The zero-order valence-corrected chi connectivity index (χ0v) is 10.2. The molecule has 0 aromatic heterocycles. The molecule has 0 aromatic carbocycles. The summed E-state index contributed by atoms with van der Waals surface area (Å²) in [5.74, 6) is 2.79. The third kappa shape index (κ3) is 6.14. The van der Waals surface area contributed by atoms with Gasteiger partial charge in [0.25, 0.3) is 0 Å². The van der Waals surface area contributed by atoms with E-state index in [1.165, 1.54) is 0 Å². The predicted octanol–water partition coefficient (Wildman–Crippen LogP) is 1.24. The van der Waals surface area contributed by atoms with Crippen LogP contribution in [0.25, 0.3) is 0 Å². The smallest absolute Gasteiger partial charge is 0.223 e. The first-order chi connectivity index (χ1) is 7.01. The van der Waals surface area contributed by atoms with E-state index in [-0.39, 0.29) is 11.9 Å². The van der Waals surface area contributed by atoms with E-state index in [0.717, 1.165) is 12.8 Å². The summed E-state index contributed by atoms with van der Waals surface area (Å²) in [5, 5.41) is 3.36. The zero-order chi connectivity index (χ0) is 11.8. The maximum Gasteiger partial charge on any atom is 0.223 e. The van der Waals surface area contributed by atoms with Crippen LogP contribution in [0.3, 0.4) is 0 Å². The van der Waals surface area contributed by atoms with Crippen LogP contribution in [-0.4, -0.2) is 37.0 Å². The number of hydrogen-bond donors (Lipinski definition) is 1. The number of rotatable bonds is 6. The summed E-state index contributed by atoms with van der Waals surface area (Å²) in [6, 6.07) is 0.498. The molecule has 15 heavy (non-hydrogen) atoms. The van der Waals surface area contributed by atoms with Gasteiger partial charge in [-0.05, 0) is 13.3 Å². The van der Waals surface area contributed by atoms with Gasteiger partial charge in [0.05, 0.1) is 0 Å². The molecule has 0 bridgehead atoms. The second-order valence-electron chi connectivity index (χ2n) is 4.07. The Bertz CT molecular complexity index is 230. The fraction of sp³-hybridized carbons (Fsp3) is 0.750. The first-order valence-corrected chi connectivity index (χ1v) is 5.40. The van der Waals surface area contributed by atoms with Crippen LogP contribution in [-0.2, 0) is 4.79 Å². The SMILES string of the molecule is C#CCC(CC)NC(C)CC(=O)N(C)C. The number of amides is 1. The minimum absolute atomic E-state index is 0.144. The maximum atomic E-state index is 11.4. The summed E-state index contributed by atoms with van der Waals surface area (Å²) in [6.07, 6.45) is 7.50. The first-order valence-electron chi connectivity index (χ1n) is 5.40. The van der Waals surface area contributed by atoms with E-state index >= 15 is 0 Å². The molecule has 0 aliphatic rings. The summed E-state index contributed by atoms with van der Waals surface area (Å²) in [4.78, 5) is 13.0. The standard InChI is InChI=1S/C12H22N2O/c1-6-8-11(7-2)13-10(3)9-12(15)14(4)5/h1,10-11,13H,7-9H2,2-5H3. The largest absolute Gasteiger partial charge is 0.349 e. The van der Waals surface area contributed by atoms with Crippen molar-refractivity contribution in [2.45, 2.75) is 45.2 Å². The van der Waals surface area contributed by atoms with E-state index in [9.17, 15) is 4.79 Å². The number of carbonyl (C=O) groups is 1. The second-order valence-corrected chi connectivity index (χ2v) is 4.07. The van der Waals surface area contributed by atoms with Gasteiger partial charge in [-0.2, -0.15) is 0 Å². The summed E-state index contributed by atoms with van der Waals surface area (Å²) >= 11 is 0. The molecule has 0 aliphatic carbocycles. The van der Waals surface area contributed by atoms with E-state index in [1.54, 1.807) is 19.0 Å². The number of nitrogens with zero attached hydrogens (tertiary/aromatic N) is 1. The van der Waals surface area contributed by atoms with Gasteiger partial charge in [0, 0.05) is 39.0 Å². The molecule has 1 N–H and O–H groups in total. The van der Waals surface area contributed by atoms with Crippen molar-refractivity contribution in [2.75, 3.05) is 14.1 Å². The molecule has 86 valence electrons. The van der Waals surface area contributed by atoms with Gasteiger partial charge >= 0.3 is 0 Å². The third-order valence-corrected chi connectivity index (χ3v) is 2.36. The molecule has 3 heteroatoms. The normalized spacial score (nSPS) is 14.1. The summed E-state index contributed by atoms with van der Waals surface area (Å²) in [5.41, 5.74) is 0. The third-order valence-electron chi connectivity index (χ3n) is 2.36. The van der Waals surface area contributed by atoms with Crippen molar-refractivity contribution in [3.8, 4) is 12.3 Å². The number of nitrogens with one attached hydrogen (secondary N) is 1. The average molecular weight is 210 g/mol. The van der Waals surface area contributed by atoms with Gasteiger partial charge < -0.3 is 10.2 Å². The van der Waals surface area contributed by atoms with Crippen LogP contribution < -0.4 is 5.32 Å². The summed E-state index contributed by atoms with van der Waals surface area (Å²) < 4.78 is 0. The molecule has 0 saturated carbocycles. The fourth-order valence-corrected chi connectivity index (χ4v) is 1.37. The molecule has 0 aromatic rings. The van der Waals surface area contributed by atoms with Crippen LogP contribution >= 0.6 is 0 Å². The molecule has 3 nitrogen and oxygen atoms in total. The van der Waals surface area contributed by atoms with Crippen LogP contribution in [0.5, 0.6) is 0 Å². The molecule has 0 fully saturated rings. The molecular weight excluding hydrogens is 188 g/mol. The van der Waals surface area contributed by atoms with E-state index in [0.29, 0.717) is 12.5 Å². The van der Waals surface area contributed by atoms with Crippen molar-refractivity contribution in [1.29, 1.82) is 0 Å². The molecule has 0 heterocycles. The Labute approximate surface area is 93.2 Å². The van der Waals surface area contributed by atoms with Gasteiger partial charge in [-0.15, -0.1) is 12.3 Å².